The molecule has 0 amide bonds. The summed E-state index contributed by atoms with van der Waals surface area (Å²) in [7, 11) is 0. The van der Waals surface area contributed by atoms with Crippen molar-refractivity contribution in [3.05, 3.63) is 65.1 Å². The number of carbonyl (C=O) groups is 1. The maximum atomic E-state index is 11.6. The van der Waals surface area contributed by atoms with Crippen LogP contribution in [0.25, 0.3) is 16.9 Å². The predicted octanol–water partition coefficient (Wildman–Crippen LogP) is 3.59. The zero-order valence-electron chi connectivity index (χ0n) is 11.7. The van der Waals surface area contributed by atoms with E-state index >= 15 is 0 Å². The van der Waals surface area contributed by atoms with Crippen molar-refractivity contribution in [3.8, 4) is 16.9 Å². The van der Waals surface area contributed by atoms with Crippen LogP contribution in [0.5, 0.6) is 0 Å². The Morgan fingerprint density at radius 1 is 1.23 bits per heavy atom. The Kier molecular flexibility index (Phi) is 3.65. The minimum Gasteiger partial charge on any atom is -0.478 e. The molecule has 0 aliphatic heterocycles. The van der Waals surface area contributed by atoms with E-state index in [9.17, 15) is 9.90 Å². The fourth-order valence-electron chi connectivity index (χ4n) is 2.33. The zero-order chi connectivity index (χ0) is 15.7. The first-order valence-electron chi connectivity index (χ1n) is 6.57. The van der Waals surface area contributed by atoms with Crippen molar-refractivity contribution in [2.75, 3.05) is 0 Å². The van der Waals surface area contributed by atoms with Gasteiger partial charge in [0.2, 0.25) is 0 Å². The van der Waals surface area contributed by atoms with E-state index in [0.29, 0.717) is 27.7 Å². The molecule has 0 saturated heterocycles. The Bertz CT molecular complexity index is 844. The van der Waals surface area contributed by atoms with E-state index in [4.69, 9.17) is 11.6 Å². The van der Waals surface area contributed by atoms with Crippen LogP contribution >= 0.6 is 11.6 Å². The average molecular weight is 314 g/mol. The lowest BCUT2D eigenvalue weighted by atomic mass is 10.1. The second-order valence-corrected chi connectivity index (χ2v) is 5.18. The van der Waals surface area contributed by atoms with Crippen molar-refractivity contribution in [1.82, 2.24) is 14.8 Å². The molecule has 0 atom stereocenters. The topological polar surface area (TPSA) is 68.0 Å². The van der Waals surface area contributed by atoms with Gasteiger partial charge in [-0.15, -0.1) is 0 Å². The van der Waals surface area contributed by atoms with Gasteiger partial charge >= 0.3 is 5.97 Å². The number of benzene rings is 1. The number of hydrogen-bond donors (Lipinski definition) is 1. The third kappa shape index (κ3) is 2.46. The van der Waals surface area contributed by atoms with Crippen LogP contribution in [0, 0.1) is 6.92 Å². The van der Waals surface area contributed by atoms with Crippen molar-refractivity contribution in [2.45, 2.75) is 6.92 Å². The normalized spacial score (nSPS) is 10.6. The molecule has 110 valence electrons. The second kappa shape index (κ2) is 5.61. The van der Waals surface area contributed by atoms with Crippen LogP contribution in [-0.4, -0.2) is 25.8 Å². The van der Waals surface area contributed by atoms with Crippen molar-refractivity contribution >= 4 is 17.6 Å². The number of rotatable bonds is 3. The largest absolute Gasteiger partial charge is 0.478 e. The molecule has 3 rings (SSSR count). The number of nitrogens with zero attached hydrogens (tertiary/aromatic N) is 3. The quantitative estimate of drug-likeness (QED) is 0.802. The average Bonchev–Trinajstić information content (AvgIpc) is 2.86. The van der Waals surface area contributed by atoms with Gasteiger partial charge in [0, 0.05) is 23.0 Å². The monoisotopic (exact) mass is 313 g/mol. The number of carboxylic acid groups (broad SMARTS) is 1. The van der Waals surface area contributed by atoms with Crippen LogP contribution in [0.2, 0.25) is 5.02 Å². The smallest absolute Gasteiger partial charge is 0.339 e. The van der Waals surface area contributed by atoms with Crippen molar-refractivity contribution in [2.24, 2.45) is 0 Å². The summed E-state index contributed by atoms with van der Waals surface area (Å²) in [5.41, 5.74) is 2.55. The van der Waals surface area contributed by atoms with Crippen molar-refractivity contribution in [3.63, 3.8) is 0 Å². The summed E-state index contributed by atoms with van der Waals surface area (Å²) in [6.07, 6.45) is 3.21. The highest BCUT2D eigenvalue weighted by molar-refractivity contribution is 6.30. The first kappa shape index (κ1) is 14.3. The minimum atomic E-state index is -1.02. The molecule has 6 heteroatoms. The number of halogens is 1. The van der Waals surface area contributed by atoms with Crippen LogP contribution in [0.1, 0.15) is 16.1 Å². The van der Waals surface area contributed by atoms with E-state index in [1.54, 1.807) is 54.3 Å². The molecule has 3 aromatic rings. The van der Waals surface area contributed by atoms with Crippen LogP contribution < -0.4 is 0 Å². The molecule has 5 nitrogen and oxygen atoms in total. The van der Waals surface area contributed by atoms with E-state index in [1.807, 2.05) is 6.07 Å². The minimum absolute atomic E-state index is 0.172. The van der Waals surface area contributed by atoms with Crippen LogP contribution in [0.3, 0.4) is 0 Å². The first-order chi connectivity index (χ1) is 10.6. The third-order valence-electron chi connectivity index (χ3n) is 3.34. The molecular weight excluding hydrogens is 302 g/mol. The zero-order valence-corrected chi connectivity index (χ0v) is 12.4. The maximum Gasteiger partial charge on any atom is 0.339 e. The molecule has 2 heterocycles. The van der Waals surface area contributed by atoms with Gasteiger partial charge in [0.1, 0.15) is 11.3 Å². The van der Waals surface area contributed by atoms with Gasteiger partial charge in [0.05, 0.1) is 11.4 Å². The van der Waals surface area contributed by atoms with Gasteiger partial charge in [-0.05, 0) is 37.3 Å². The van der Waals surface area contributed by atoms with E-state index in [-0.39, 0.29) is 5.56 Å². The van der Waals surface area contributed by atoms with Gasteiger partial charge in [-0.3, -0.25) is 4.98 Å². The van der Waals surface area contributed by atoms with Gasteiger partial charge in [0.15, 0.2) is 0 Å². The number of carboxylic acids is 1. The Hall–Kier alpha value is -2.66. The molecule has 0 saturated carbocycles. The van der Waals surface area contributed by atoms with Gasteiger partial charge < -0.3 is 5.11 Å². The molecule has 0 radical (unpaired) electrons. The molecule has 1 aromatic carbocycles. The fraction of sp³-hybridized carbons (Fsp3) is 0.0625. The SMILES string of the molecule is Cc1c(C(=O)O)c(-c2ccncc2)nn1-c1cccc(Cl)c1. The lowest BCUT2D eigenvalue weighted by molar-refractivity contribution is 0.0697. The fourth-order valence-corrected chi connectivity index (χ4v) is 2.51. The number of aromatic carboxylic acids is 1. The highest BCUT2D eigenvalue weighted by atomic mass is 35.5. The van der Waals surface area contributed by atoms with Crippen molar-refractivity contribution in [1.29, 1.82) is 0 Å². The molecular formula is C16H12ClN3O2. The molecule has 0 unspecified atom stereocenters. The number of pyridine rings is 1. The van der Waals surface area contributed by atoms with Crippen LogP contribution in [0.4, 0.5) is 0 Å². The van der Waals surface area contributed by atoms with Gasteiger partial charge in [-0.1, -0.05) is 17.7 Å². The summed E-state index contributed by atoms with van der Waals surface area (Å²) >= 11 is 6.01. The number of hydrogen-bond acceptors (Lipinski definition) is 3. The summed E-state index contributed by atoms with van der Waals surface area (Å²) in [5.74, 6) is -1.02. The van der Waals surface area contributed by atoms with Crippen LogP contribution in [0.15, 0.2) is 48.8 Å². The molecule has 0 spiro atoms. The standard InChI is InChI=1S/C16H12ClN3O2/c1-10-14(16(21)22)15(11-5-7-18-8-6-11)19-20(10)13-4-2-3-12(17)9-13/h2-9H,1H3,(H,21,22). The second-order valence-electron chi connectivity index (χ2n) is 4.74. The molecule has 0 aliphatic rings. The van der Waals surface area contributed by atoms with Gasteiger partial charge in [0.25, 0.3) is 0 Å². The summed E-state index contributed by atoms with van der Waals surface area (Å²) < 4.78 is 1.59. The molecule has 2 aromatic heterocycles. The Morgan fingerprint density at radius 2 is 1.95 bits per heavy atom. The Morgan fingerprint density at radius 3 is 2.59 bits per heavy atom. The lowest BCUT2D eigenvalue weighted by Gasteiger charge is -2.04. The van der Waals surface area contributed by atoms with E-state index < -0.39 is 5.97 Å². The summed E-state index contributed by atoms with van der Waals surface area (Å²) in [5, 5.41) is 14.6. The van der Waals surface area contributed by atoms with Gasteiger partial charge in [-0.25, -0.2) is 9.48 Å². The molecule has 0 fully saturated rings. The third-order valence-corrected chi connectivity index (χ3v) is 3.57. The van der Waals surface area contributed by atoms with E-state index in [0.717, 1.165) is 0 Å². The van der Waals surface area contributed by atoms with Gasteiger partial charge in [-0.2, -0.15) is 5.10 Å². The first-order valence-corrected chi connectivity index (χ1v) is 6.95. The van der Waals surface area contributed by atoms with Crippen LogP contribution in [-0.2, 0) is 0 Å². The summed E-state index contributed by atoms with van der Waals surface area (Å²) in [4.78, 5) is 15.6. The lowest BCUT2D eigenvalue weighted by Crippen LogP contribution is -2.02. The molecule has 0 aliphatic carbocycles. The Balaban J connectivity index is 2.24. The van der Waals surface area contributed by atoms with Crippen molar-refractivity contribution < 1.29 is 9.90 Å². The highest BCUT2D eigenvalue weighted by Crippen LogP contribution is 2.27. The Labute approximate surface area is 131 Å². The molecule has 22 heavy (non-hydrogen) atoms. The summed E-state index contributed by atoms with van der Waals surface area (Å²) in [6, 6.07) is 10.6. The molecule has 1 N–H and O–H groups in total. The summed E-state index contributed by atoms with van der Waals surface area (Å²) in [6.45, 7) is 1.72. The molecule has 0 bridgehead atoms. The maximum absolute atomic E-state index is 11.6. The van der Waals surface area contributed by atoms with E-state index in [1.165, 1.54) is 0 Å². The number of aromatic nitrogens is 3. The predicted molar refractivity (Wildman–Crippen MR) is 83.5 cm³/mol. The highest BCUT2D eigenvalue weighted by Gasteiger charge is 2.22. The van der Waals surface area contributed by atoms with E-state index in [2.05, 4.69) is 10.1 Å².